The molecule has 0 aliphatic heterocycles. The van der Waals surface area contributed by atoms with Crippen LogP contribution in [-0.2, 0) is 17.0 Å². The Morgan fingerprint density at radius 2 is 1.97 bits per heavy atom. The summed E-state index contributed by atoms with van der Waals surface area (Å²) in [4.78, 5) is 21.4. The summed E-state index contributed by atoms with van der Waals surface area (Å²) in [6, 6.07) is 16.1. The average molecular weight is 435 g/mol. The van der Waals surface area contributed by atoms with E-state index in [0.29, 0.717) is 5.75 Å². The normalized spacial score (nSPS) is 10.9. The van der Waals surface area contributed by atoms with E-state index in [4.69, 9.17) is 0 Å². The van der Waals surface area contributed by atoms with Crippen LogP contribution in [0.3, 0.4) is 0 Å². The number of aryl methyl sites for hydroxylation is 2. The first-order valence-electron chi connectivity index (χ1n) is 9.60. The lowest BCUT2D eigenvalue weighted by atomic mass is 10.2. The number of anilines is 1. The number of carbonyl (C=O) groups excluding carboxylic acids is 1. The minimum absolute atomic E-state index is 0.0533. The Kier molecular flexibility index (Phi) is 6.30. The minimum atomic E-state index is -0.0533. The molecule has 2 aromatic carbocycles. The zero-order valence-electron chi connectivity index (χ0n) is 16.8. The van der Waals surface area contributed by atoms with Crippen molar-refractivity contribution in [3.05, 3.63) is 88.1 Å². The van der Waals surface area contributed by atoms with Crippen LogP contribution in [0.15, 0.2) is 71.5 Å². The molecule has 0 radical (unpaired) electrons. The van der Waals surface area contributed by atoms with E-state index in [0.717, 1.165) is 32.8 Å². The fourth-order valence-electron chi connectivity index (χ4n) is 2.99. The molecule has 4 aromatic rings. The van der Waals surface area contributed by atoms with Crippen LogP contribution >= 0.6 is 23.1 Å². The lowest BCUT2D eigenvalue weighted by Crippen LogP contribution is -2.14. The highest BCUT2D eigenvalue weighted by molar-refractivity contribution is 7.98. The summed E-state index contributed by atoms with van der Waals surface area (Å²) in [5.41, 5.74) is 5.24. The van der Waals surface area contributed by atoms with Crippen LogP contribution in [0.4, 0.5) is 5.69 Å². The van der Waals surface area contributed by atoms with Crippen molar-refractivity contribution >= 4 is 34.7 Å². The SMILES string of the molecule is Cc1ccc(NC(=O)Cc2nc(CSc3nccn3-c3cccc(C)c3)cs2)cc1. The number of imidazole rings is 1. The zero-order valence-corrected chi connectivity index (χ0v) is 18.5. The third kappa shape index (κ3) is 5.17. The first kappa shape index (κ1) is 20.4. The van der Waals surface area contributed by atoms with E-state index in [2.05, 4.69) is 45.0 Å². The Morgan fingerprint density at radius 1 is 1.13 bits per heavy atom. The molecule has 2 aromatic heterocycles. The van der Waals surface area contributed by atoms with Crippen molar-refractivity contribution in [2.45, 2.75) is 31.2 Å². The second kappa shape index (κ2) is 9.28. The summed E-state index contributed by atoms with van der Waals surface area (Å²) < 4.78 is 2.08. The lowest BCUT2D eigenvalue weighted by Gasteiger charge is -2.07. The average Bonchev–Trinajstić information content (AvgIpc) is 3.37. The summed E-state index contributed by atoms with van der Waals surface area (Å²) in [5, 5.41) is 6.68. The van der Waals surface area contributed by atoms with E-state index in [1.54, 1.807) is 11.8 Å². The van der Waals surface area contributed by atoms with Crippen LogP contribution in [0.1, 0.15) is 21.8 Å². The molecular formula is C23H22N4OS2. The van der Waals surface area contributed by atoms with Crippen LogP contribution < -0.4 is 5.32 Å². The lowest BCUT2D eigenvalue weighted by molar-refractivity contribution is -0.115. The monoisotopic (exact) mass is 434 g/mol. The van der Waals surface area contributed by atoms with Gasteiger partial charge in [0, 0.05) is 34.9 Å². The zero-order chi connectivity index (χ0) is 20.9. The number of thiazole rings is 1. The fourth-order valence-corrected chi connectivity index (χ4v) is 4.75. The molecule has 0 atom stereocenters. The Bertz CT molecular complexity index is 1150. The summed E-state index contributed by atoms with van der Waals surface area (Å²) in [5.74, 6) is 0.654. The second-order valence-electron chi connectivity index (χ2n) is 7.03. The van der Waals surface area contributed by atoms with E-state index >= 15 is 0 Å². The predicted molar refractivity (Wildman–Crippen MR) is 123 cm³/mol. The van der Waals surface area contributed by atoms with Crippen LogP contribution in [0, 0.1) is 13.8 Å². The molecule has 0 spiro atoms. The molecule has 0 aliphatic rings. The van der Waals surface area contributed by atoms with Crippen molar-refractivity contribution in [2.75, 3.05) is 5.32 Å². The number of hydrogen-bond donors (Lipinski definition) is 1. The number of rotatable bonds is 7. The van der Waals surface area contributed by atoms with Gasteiger partial charge >= 0.3 is 0 Å². The van der Waals surface area contributed by atoms with Gasteiger partial charge in [0.2, 0.25) is 5.91 Å². The fraction of sp³-hybridized carbons (Fsp3) is 0.174. The van der Waals surface area contributed by atoms with Gasteiger partial charge in [-0.1, -0.05) is 41.6 Å². The molecule has 0 unspecified atom stereocenters. The van der Waals surface area contributed by atoms with Crippen molar-refractivity contribution in [1.82, 2.24) is 14.5 Å². The molecule has 1 N–H and O–H groups in total. The molecule has 1 amide bonds. The quantitative estimate of drug-likeness (QED) is 0.395. The van der Waals surface area contributed by atoms with Gasteiger partial charge in [-0.25, -0.2) is 9.97 Å². The van der Waals surface area contributed by atoms with E-state index in [9.17, 15) is 4.79 Å². The van der Waals surface area contributed by atoms with Gasteiger partial charge in [0.15, 0.2) is 5.16 Å². The van der Waals surface area contributed by atoms with Crippen LogP contribution in [0.5, 0.6) is 0 Å². The molecule has 0 bridgehead atoms. The Morgan fingerprint density at radius 3 is 2.77 bits per heavy atom. The van der Waals surface area contributed by atoms with E-state index < -0.39 is 0 Å². The summed E-state index contributed by atoms with van der Waals surface area (Å²) in [7, 11) is 0. The van der Waals surface area contributed by atoms with Crippen LogP contribution in [0.2, 0.25) is 0 Å². The molecule has 0 saturated heterocycles. The van der Waals surface area contributed by atoms with E-state index in [-0.39, 0.29) is 12.3 Å². The van der Waals surface area contributed by atoms with Gasteiger partial charge in [-0.3, -0.25) is 9.36 Å². The Balaban J connectivity index is 1.35. The van der Waals surface area contributed by atoms with Gasteiger partial charge in [0.1, 0.15) is 5.01 Å². The molecule has 0 aliphatic carbocycles. The highest BCUT2D eigenvalue weighted by atomic mass is 32.2. The number of amides is 1. The maximum atomic E-state index is 12.3. The van der Waals surface area contributed by atoms with Crippen LogP contribution in [-0.4, -0.2) is 20.4 Å². The van der Waals surface area contributed by atoms with Gasteiger partial charge in [-0.05, 0) is 43.7 Å². The van der Waals surface area contributed by atoms with Crippen LogP contribution in [0.25, 0.3) is 5.69 Å². The van der Waals surface area contributed by atoms with Gasteiger partial charge in [-0.2, -0.15) is 0 Å². The van der Waals surface area contributed by atoms with Crippen molar-refractivity contribution in [1.29, 1.82) is 0 Å². The number of nitrogens with one attached hydrogen (secondary N) is 1. The minimum Gasteiger partial charge on any atom is -0.326 e. The number of thioether (sulfide) groups is 1. The third-order valence-corrected chi connectivity index (χ3v) is 6.38. The Hall–Kier alpha value is -2.90. The maximum absolute atomic E-state index is 12.3. The first-order valence-corrected chi connectivity index (χ1v) is 11.5. The molecule has 30 heavy (non-hydrogen) atoms. The predicted octanol–water partition coefficient (Wildman–Crippen LogP) is 5.42. The molecule has 4 rings (SSSR count). The number of benzene rings is 2. The highest BCUT2D eigenvalue weighted by Crippen LogP contribution is 2.25. The van der Waals surface area contributed by atoms with Gasteiger partial charge in [0.05, 0.1) is 12.1 Å². The largest absolute Gasteiger partial charge is 0.326 e. The van der Waals surface area contributed by atoms with Gasteiger partial charge < -0.3 is 5.32 Å². The molecule has 7 heteroatoms. The van der Waals surface area contributed by atoms with Crippen molar-refractivity contribution in [3.63, 3.8) is 0 Å². The first-order chi connectivity index (χ1) is 14.6. The van der Waals surface area contributed by atoms with Crippen molar-refractivity contribution in [2.24, 2.45) is 0 Å². The topological polar surface area (TPSA) is 59.8 Å². The van der Waals surface area contributed by atoms with Crippen molar-refractivity contribution < 1.29 is 4.79 Å². The summed E-state index contributed by atoms with van der Waals surface area (Å²) >= 11 is 3.16. The summed E-state index contributed by atoms with van der Waals surface area (Å²) in [6.45, 7) is 4.10. The number of nitrogens with zero attached hydrogens (tertiary/aromatic N) is 3. The third-order valence-electron chi connectivity index (χ3n) is 4.48. The molecule has 0 saturated carbocycles. The highest BCUT2D eigenvalue weighted by Gasteiger charge is 2.11. The second-order valence-corrected chi connectivity index (χ2v) is 8.92. The molecule has 0 fully saturated rings. The van der Waals surface area contributed by atoms with E-state index in [1.807, 2.05) is 55.0 Å². The van der Waals surface area contributed by atoms with Gasteiger partial charge in [-0.15, -0.1) is 11.3 Å². The summed E-state index contributed by atoms with van der Waals surface area (Å²) in [6.07, 6.45) is 4.06. The number of aromatic nitrogens is 3. The Labute approximate surface area is 184 Å². The van der Waals surface area contributed by atoms with E-state index in [1.165, 1.54) is 16.9 Å². The smallest absolute Gasteiger partial charge is 0.231 e. The van der Waals surface area contributed by atoms with Crippen molar-refractivity contribution in [3.8, 4) is 5.69 Å². The van der Waals surface area contributed by atoms with Gasteiger partial charge in [0.25, 0.3) is 0 Å². The molecule has 2 heterocycles. The maximum Gasteiger partial charge on any atom is 0.231 e. The molecule has 152 valence electrons. The number of hydrogen-bond acceptors (Lipinski definition) is 5. The standard InChI is InChI=1S/C23H22N4OS2/c1-16-6-8-18(9-7-16)25-21(28)13-22-26-19(14-29-22)15-30-23-24-10-11-27(23)20-5-3-4-17(2)12-20/h3-12,14H,13,15H2,1-2H3,(H,25,28). The molecular weight excluding hydrogens is 412 g/mol. The molecule has 5 nitrogen and oxygen atoms in total. The number of carbonyl (C=O) groups is 1.